The number of fused-ring (bicyclic) bond motifs is 1. The van der Waals surface area contributed by atoms with E-state index < -0.39 is 0 Å². The highest BCUT2D eigenvalue weighted by molar-refractivity contribution is 6.07. The van der Waals surface area contributed by atoms with Crippen molar-refractivity contribution in [2.75, 3.05) is 13.1 Å². The molecule has 0 aromatic heterocycles. The molecule has 2 heteroatoms. The Morgan fingerprint density at radius 3 is 2.48 bits per heavy atom. The van der Waals surface area contributed by atoms with Crippen LogP contribution < -0.4 is 0 Å². The van der Waals surface area contributed by atoms with Crippen molar-refractivity contribution in [3.8, 4) is 0 Å². The second-order valence-corrected chi connectivity index (χ2v) is 6.88. The molecule has 1 heterocycles. The third-order valence-electron chi connectivity index (χ3n) is 5.25. The number of benzene rings is 3. The zero-order chi connectivity index (χ0) is 17.1. The molecule has 1 unspecified atom stereocenters. The number of carbonyl (C=O) groups is 1. The monoisotopic (exact) mass is 329 g/mol. The smallest absolute Gasteiger partial charge is 0.254 e. The first-order valence-corrected chi connectivity index (χ1v) is 9.15. The van der Waals surface area contributed by atoms with Gasteiger partial charge in [-0.3, -0.25) is 4.79 Å². The maximum atomic E-state index is 13.3. The van der Waals surface area contributed by atoms with Crippen LogP contribution >= 0.6 is 0 Å². The highest BCUT2D eigenvalue weighted by atomic mass is 16.2. The maximum Gasteiger partial charge on any atom is 0.254 e. The van der Waals surface area contributed by atoms with Crippen LogP contribution in [0.4, 0.5) is 0 Å². The zero-order valence-corrected chi connectivity index (χ0v) is 14.4. The largest absolute Gasteiger partial charge is 0.338 e. The number of rotatable bonds is 2. The van der Waals surface area contributed by atoms with Crippen LogP contribution in [0.25, 0.3) is 10.8 Å². The highest BCUT2D eigenvalue weighted by Gasteiger charge is 2.24. The SMILES string of the molecule is O=C(c1cccc2ccccc12)N1CCCCC(c2ccccc2)C1. The van der Waals surface area contributed by atoms with E-state index in [2.05, 4.69) is 53.4 Å². The van der Waals surface area contributed by atoms with Gasteiger partial charge in [0.2, 0.25) is 0 Å². The fourth-order valence-electron chi connectivity index (χ4n) is 3.91. The van der Waals surface area contributed by atoms with Gasteiger partial charge in [0.25, 0.3) is 5.91 Å². The Kier molecular flexibility index (Phi) is 4.51. The molecule has 0 N–H and O–H groups in total. The van der Waals surface area contributed by atoms with Gasteiger partial charge in [-0.25, -0.2) is 0 Å². The lowest BCUT2D eigenvalue weighted by Gasteiger charge is -2.25. The van der Waals surface area contributed by atoms with Crippen molar-refractivity contribution in [1.82, 2.24) is 4.90 Å². The Labute approximate surface area is 149 Å². The summed E-state index contributed by atoms with van der Waals surface area (Å²) in [6, 6.07) is 24.8. The second kappa shape index (κ2) is 7.10. The molecule has 3 aromatic carbocycles. The van der Waals surface area contributed by atoms with Crippen LogP contribution in [-0.2, 0) is 0 Å². The molecule has 1 atom stereocenters. The fraction of sp³-hybridized carbons (Fsp3) is 0.261. The summed E-state index contributed by atoms with van der Waals surface area (Å²) in [7, 11) is 0. The van der Waals surface area contributed by atoms with E-state index in [1.165, 1.54) is 12.0 Å². The van der Waals surface area contributed by atoms with E-state index in [0.717, 1.165) is 42.3 Å². The van der Waals surface area contributed by atoms with Crippen molar-refractivity contribution in [3.63, 3.8) is 0 Å². The first kappa shape index (κ1) is 15.9. The molecule has 0 spiro atoms. The highest BCUT2D eigenvalue weighted by Crippen LogP contribution is 2.28. The van der Waals surface area contributed by atoms with E-state index in [-0.39, 0.29) is 5.91 Å². The molecule has 1 amide bonds. The summed E-state index contributed by atoms with van der Waals surface area (Å²) in [6.45, 7) is 1.66. The van der Waals surface area contributed by atoms with Gasteiger partial charge in [-0.15, -0.1) is 0 Å². The predicted molar refractivity (Wildman–Crippen MR) is 103 cm³/mol. The molecule has 1 fully saturated rings. The van der Waals surface area contributed by atoms with Gasteiger partial charge in [-0.05, 0) is 35.2 Å². The van der Waals surface area contributed by atoms with Crippen molar-refractivity contribution in [2.24, 2.45) is 0 Å². The van der Waals surface area contributed by atoms with Crippen LogP contribution in [0.15, 0.2) is 72.8 Å². The average Bonchev–Trinajstić information content (AvgIpc) is 2.94. The van der Waals surface area contributed by atoms with E-state index in [1.807, 2.05) is 24.3 Å². The molecule has 3 aromatic rings. The molecule has 1 aliphatic heterocycles. The number of likely N-dealkylation sites (tertiary alicyclic amines) is 1. The number of carbonyl (C=O) groups excluding carboxylic acids is 1. The van der Waals surface area contributed by atoms with Crippen LogP contribution in [-0.4, -0.2) is 23.9 Å². The average molecular weight is 329 g/mol. The summed E-state index contributed by atoms with van der Waals surface area (Å²) in [6.07, 6.45) is 3.42. The van der Waals surface area contributed by atoms with Gasteiger partial charge >= 0.3 is 0 Å². The Balaban J connectivity index is 1.64. The van der Waals surface area contributed by atoms with Gasteiger partial charge in [0.15, 0.2) is 0 Å². The Bertz CT molecular complexity index is 866. The summed E-state index contributed by atoms with van der Waals surface area (Å²) in [5.74, 6) is 0.599. The van der Waals surface area contributed by atoms with E-state index in [4.69, 9.17) is 0 Å². The molecular weight excluding hydrogens is 306 g/mol. The quantitative estimate of drug-likeness (QED) is 0.629. The summed E-state index contributed by atoms with van der Waals surface area (Å²) < 4.78 is 0. The van der Waals surface area contributed by atoms with Gasteiger partial charge in [-0.2, -0.15) is 0 Å². The summed E-state index contributed by atoms with van der Waals surface area (Å²) >= 11 is 0. The van der Waals surface area contributed by atoms with Gasteiger partial charge in [0, 0.05) is 24.6 Å². The molecule has 0 saturated carbocycles. The fourth-order valence-corrected chi connectivity index (χ4v) is 3.91. The first-order chi connectivity index (χ1) is 12.3. The third-order valence-corrected chi connectivity index (χ3v) is 5.25. The van der Waals surface area contributed by atoms with Crippen molar-refractivity contribution < 1.29 is 4.79 Å². The number of hydrogen-bond donors (Lipinski definition) is 0. The molecule has 4 rings (SSSR count). The molecule has 25 heavy (non-hydrogen) atoms. The molecule has 1 aliphatic rings. The Hall–Kier alpha value is -2.61. The van der Waals surface area contributed by atoms with Crippen LogP contribution in [0.5, 0.6) is 0 Å². The van der Waals surface area contributed by atoms with Crippen molar-refractivity contribution in [3.05, 3.63) is 83.9 Å². The van der Waals surface area contributed by atoms with Crippen molar-refractivity contribution >= 4 is 16.7 Å². The minimum Gasteiger partial charge on any atom is -0.338 e. The van der Waals surface area contributed by atoms with Crippen molar-refractivity contribution in [2.45, 2.75) is 25.2 Å². The third kappa shape index (κ3) is 3.30. The second-order valence-electron chi connectivity index (χ2n) is 6.88. The molecule has 0 bridgehead atoms. The van der Waals surface area contributed by atoms with Crippen LogP contribution in [0, 0.1) is 0 Å². The van der Waals surface area contributed by atoms with E-state index in [0.29, 0.717) is 5.92 Å². The minimum absolute atomic E-state index is 0.166. The van der Waals surface area contributed by atoms with Gasteiger partial charge in [-0.1, -0.05) is 73.2 Å². The van der Waals surface area contributed by atoms with Gasteiger partial charge in [0.05, 0.1) is 0 Å². The number of hydrogen-bond acceptors (Lipinski definition) is 1. The van der Waals surface area contributed by atoms with Crippen LogP contribution in [0.1, 0.15) is 41.1 Å². The number of nitrogens with zero attached hydrogens (tertiary/aromatic N) is 1. The zero-order valence-electron chi connectivity index (χ0n) is 14.4. The normalized spacial score (nSPS) is 18.1. The van der Waals surface area contributed by atoms with Gasteiger partial charge < -0.3 is 4.90 Å². The minimum atomic E-state index is 0.166. The standard InChI is InChI=1S/C23H23NO/c25-23(22-15-8-13-19-11-4-5-14-21(19)22)24-16-7-6-12-20(17-24)18-9-2-1-3-10-18/h1-5,8-11,13-15,20H,6-7,12,16-17H2. The molecule has 0 radical (unpaired) electrons. The Morgan fingerprint density at radius 1 is 0.840 bits per heavy atom. The van der Waals surface area contributed by atoms with E-state index in [9.17, 15) is 4.79 Å². The molecule has 1 saturated heterocycles. The van der Waals surface area contributed by atoms with Crippen LogP contribution in [0.2, 0.25) is 0 Å². The summed E-state index contributed by atoms with van der Waals surface area (Å²) in [5, 5.41) is 2.18. The van der Waals surface area contributed by atoms with E-state index in [1.54, 1.807) is 0 Å². The van der Waals surface area contributed by atoms with Crippen LogP contribution in [0.3, 0.4) is 0 Å². The lowest BCUT2D eigenvalue weighted by molar-refractivity contribution is 0.0756. The lowest BCUT2D eigenvalue weighted by Crippen LogP contribution is -2.34. The molecule has 2 nitrogen and oxygen atoms in total. The first-order valence-electron chi connectivity index (χ1n) is 9.15. The molecule has 126 valence electrons. The lowest BCUT2D eigenvalue weighted by atomic mass is 9.94. The Morgan fingerprint density at radius 2 is 1.60 bits per heavy atom. The van der Waals surface area contributed by atoms with Crippen molar-refractivity contribution in [1.29, 1.82) is 0 Å². The number of amides is 1. The molecular formula is C23H23NO. The van der Waals surface area contributed by atoms with E-state index >= 15 is 0 Å². The van der Waals surface area contributed by atoms with Gasteiger partial charge in [0.1, 0.15) is 0 Å². The summed E-state index contributed by atoms with van der Waals surface area (Å²) in [4.78, 5) is 15.3. The topological polar surface area (TPSA) is 20.3 Å². The predicted octanol–water partition coefficient (Wildman–Crippen LogP) is 5.25. The molecule has 0 aliphatic carbocycles. The maximum absolute atomic E-state index is 13.3. The summed E-state index contributed by atoms with van der Waals surface area (Å²) in [5.41, 5.74) is 2.17.